The van der Waals surface area contributed by atoms with E-state index in [0.717, 1.165) is 11.1 Å². The summed E-state index contributed by atoms with van der Waals surface area (Å²) in [5.74, 6) is 0.958. The van der Waals surface area contributed by atoms with Crippen LogP contribution in [-0.4, -0.2) is 45.5 Å². The third-order valence-electron chi connectivity index (χ3n) is 4.28. The average molecular weight is 461 g/mol. The number of thiophene rings is 1. The molecule has 0 aliphatic heterocycles. The summed E-state index contributed by atoms with van der Waals surface area (Å²) in [5.41, 5.74) is 3.01. The molecule has 1 atom stereocenters. The predicted octanol–water partition coefficient (Wildman–Crippen LogP) is 5.02. The number of hydrogen-bond acceptors (Lipinski definition) is 9. The summed E-state index contributed by atoms with van der Waals surface area (Å²) < 4.78 is 2.94. The molecule has 0 aliphatic rings. The zero-order valence-corrected chi connectivity index (χ0v) is 19.0. The van der Waals surface area contributed by atoms with Crippen LogP contribution in [0, 0.1) is 4.91 Å². The molecule has 0 spiro atoms. The lowest BCUT2D eigenvalue weighted by Crippen LogP contribution is -2.21. The molecular weight excluding hydrogens is 436 g/mol. The maximum Gasteiger partial charge on any atom is 0.287 e. The molecule has 2 aromatic heterocycles. The summed E-state index contributed by atoms with van der Waals surface area (Å²) in [5, 5.41) is 22.0. The monoisotopic (exact) mass is 460 g/mol. The van der Waals surface area contributed by atoms with Crippen LogP contribution in [0.2, 0.25) is 0 Å². The minimum atomic E-state index is -2.27. The number of nitroso groups, excluding NO2 is 1. The van der Waals surface area contributed by atoms with E-state index in [9.17, 15) is 14.8 Å². The summed E-state index contributed by atoms with van der Waals surface area (Å²) in [4.78, 5) is 32.1. The van der Waals surface area contributed by atoms with Crippen LogP contribution >= 0.6 is 21.6 Å². The van der Waals surface area contributed by atoms with Gasteiger partial charge in [0.2, 0.25) is 5.95 Å². The van der Waals surface area contributed by atoms with Gasteiger partial charge in [0.1, 0.15) is 5.82 Å². The van der Waals surface area contributed by atoms with Crippen LogP contribution < -0.4 is 16.0 Å². The topological polar surface area (TPSA) is 129 Å². The van der Waals surface area contributed by atoms with Crippen molar-refractivity contribution in [3.05, 3.63) is 52.2 Å². The number of carbonyl (C=O) groups excluding carboxylic acids is 1. The molecule has 0 radical (unpaired) electrons. The molecule has 0 fully saturated rings. The molecule has 0 saturated carbocycles. The summed E-state index contributed by atoms with van der Waals surface area (Å²) >= 11 is 1.58. The molecule has 0 aliphatic carbocycles. The first-order valence-corrected chi connectivity index (χ1v) is 12.7. The number of nitrogens with zero attached hydrogens (tertiary/aromatic N) is 3. The minimum Gasteiger partial charge on any atom is -0.394 e. The molecule has 9 nitrogen and oxygen atoms in total. The Morgan fingerprint density at radius 2 is 2.06 bits per heavy atom. The van der Waals surface area contributed by atoms with Gasteiger partial charge in [-0.3, -0.25) is 4.79 Å². The third-order valence-corrected chi connectivity index (χ3v) is 6.35. The van der Waals surface area contributed by atoms with Gasteiger partial charge in [0, 0.05) is 29.2 Å². The van der Waals surface area contributed by atoms with Crippen molar-refractivity contribution in [1.82, 2.24) is 9.97 Å². The van der Waals surface area contributed by atoms with E-state index >= 15 is 0 Å². The van der Waals surface area contributed by atoms with Crippen molar-refractivity contribution in [3.63, 3.8) is 0 Å². The molecule has 1 amide bonds. The standard InChI is InChI=1S/C20H24N6O3S2/c1-13(11-27)22-18-17(14-7-8-30-12-14)10-21-19(25-18)23-15-5-4-6-16(9-15)24-20(28)31(2,3)26-29/h4-10,12-13,27H,11H2,1-3H3,(H,24,28)(H2,21,22,23,25)/t13-/m1/s1. The van der Waals surface area contributed by atoms with Crippen LogP contribution in [0.1, 0.15) is 6.92 Å². The van der Waals surface area contributed by atoms with E-state index in [1.807, 2.05) is 29.8 Å². The highest BCUT2D eigenvalue weighted by atomic mass is 32.3. The van der Waals surface area contributed by atoms with Gasteiger partial charge in [-0.25, -0.2) is 4.98 Å². The van der Waals surface area contributed by atoms with E-state index in [2.05, 4.69) is 30.5 Å². The molecule has 164 valence electrons. The zero-order chi connectivity index (χ0) is 22.4. The first-order chi connectivity index (χ1) is 14.8. The number of aliphatic hydroxyl groups excluding tert-OH is 1. The fourth-order valence-corrected chi connectivity index (χ4v) is 3.63. The molecule has 0 unspecified atom stereocenters. The van der Waals surface area contributed by atoms with Gasteiger partial charge in [0.15, 0.2) is 0 Å². The average Bonchev–Trinajstić information content (AvgIpc) is 3.28. The van der Waals surface area contributed by atoms with E-state index in [4.69, 9.17) is 0 Å². The van der Waals surface area contributed by atoms with Gasteiger partial charge in [0.05, 0.1) is 6.61 Å². The number of rotatable bonds is 8. The van der Waals surface area contributed by atoms with Crippen LogP contribution in [0.15, 0.2) is 51.9 Å². The molecule has 3 aromatic rings. The van der Waals surface area contributed by atoms with Crippen molar-refractivity contribution < 1.29 is 9.90 Å². The van der Waals surface area contributed by atoms with Crippen molar-refractivity contribution >= 4 is 49.9 Å². The minimum absolute atomic E-state index is 0.0361. The zero-order valence-electron chi connectivity index (χ0n) is 17.3. The van der Waals surface area contributed by atoms with E-state index in [1.165, 1.54) is 12.5 Å². The highest BCUT2D eigenvalue weighted by Gasteiger charge is 2.22. The molecule has 0 saturated heterocycles. The highest BCUT2D eigenvalue weighted by molar-refractivity contribution is 8.43. The predicted molar refractivity (Wildman–Crippen MR) is 129 cm³/mol. The van der Waals surface area contributed by atoms with E-state index in [0.29, 0.717) is 23.1 Å². The van der Waals surface area contributed by atoms with Gasteiger partial charge >= 0.3 is 0 Å². The highest BCUT2D eigenvalue weighted by Crippen LogP contribution is 2.42. The molecule has 2 heterocycles. The Balaban J connectivity index is 1.83. The summed E-state index contributed by atoms with van der Waals surface area (Å²) in [7, 11) is -2.27. The SMILES string of the molecule is C[C@H](CO)Nc1nc(Nc2cccc(NC(=O)S(C)(C)N=O)c2)ncc1-c1ccsc1. The Kier molecular flexibility index (Phi) is 7.21. The molecule has 1 aromatic carbocycles. The second kappa shape index (κ2) is 9.86. The smallest absolute Gasteiger partial charge is 0.287 e. The number of benzene rings is 1. The maximum atomic E-state index is 12.2. The van der Waals surface area contributed by atoms with Crippen molar-refractivity contribution in [1.29, 1.82) is 0 Å². The molecular formula is C20H24N6O3S2. The van der Waals surface area contributed by atoms with Gasteiger partial charge in [0.25, 0.3) is 5.24 Å². The molecule has 0 bridgehead atoms. The Bertz CT molecular complexity index is 1060. The molecule has 4 N–H and O–H groups in total. The number of amides is 1. The summed E-state index contributed by atoms with van der Waals surface area (Å²) in [6, 6.07) is 8.82. The fourth-order valence-electron chi connectivity index (χ4n) is 2.54. The van der Waals surface area contributed by atoms with E-state index in [1.54, 1.807) is 35.7 Å². The van der Waals surface area contributed by atoms with Gasteiger partial charge < -0.3 is 21.1 Å². The van der Waals surface area contributed by atoms with E-state index in [-0.39, 0.29) is 12.6 Å². The van der Waals surface area contributed by atoms with Gasteiger partial charge in [-0.2, -0.15) is 16.3 Å². The lowest BCUT2D eigenvalue weighted by atomic mass is 10.1. The normalized spacial score (nSPS) is 12.6. The van der Waals surface area contributed by atoms with Crippen LogP contribution in [-0.2, 0) is 0 Å². The third kappa shape index (κ3) is 5.78. The van der Waals surface area contributed by atoms with Gasteiger partial charge in [-0.1, -0.05) is 6.07 Å². The van der Waals surface area contributed by atoms with Crippen molar-refractivity contribution in [3.8, 4) is 11.1 Å². The number of anilines is 4. The number of aliphatic hydroxyl groups is 1. The van der Waals surface area contributed by atoms with Crippen LogP contribution in [0.3, 0.4) is 0 Å². The van der Waals surface area contributed by atoms with Crippen molar-refractivity contribution in [2.75, 3.05) is 35.1 Å². The van der Waals surface area contributed by atoms with Gasteiger partial charge in [-0.05, 0) is 74.8 Å². The molecule has 11 heteroatoms. The van der Waals surface area contributed by atoms with Crippen LogP contribution in [0.5, 0.6) is 0 Å². The number of carbonyl (C=O) groups is 1. The first kappa shape index (κ1) is 22.7. The lowest BCUT2D eigenvalue weighted by molar-refractivity contribution is 0.269. The molecule has 3 rings (SSSR count). The second-order valence-corrected chi connectivity index (χ2v) is 11.0. The summed E-state index contributed by atoms with van der Waals surface area (Å²) in [6.07, 6.45) is 4.78. The number of aromatic nitrogens is 2. The van der Waals surface area contributed by atoms with Crippen LogP contribution in [0.4, 0.5) is 27.9 Å². The summed E-state index contributed by atoms with van der Waals surface area (Å²) in [6.45, 7) is 1.82. The van der Waals surface area contributed by atoms with E-state index < -0.39 is 15.5 Å². The van der Waals surface area contributed by atoms with Crippen molar-refractivity contribution in [2.24, 2.45) is 4.58 Å². The maximum absolute atomic E-state index is 12.2. The number of nitrogens with one attached hydrogen (secondary N) is 3. The first-order valence-electron chi connectivity index (χ1n) is 9.35. The second-order valence-electron chi connectivity index (χ2n) is 7.16. The Morgan fingerprint density at radius 3 is 2.74 bits per heavy atom. The Labute approximate surface area is 185 Å². The molecule has 31 heavy (non-hydrogen) atoms. The van der Waals surface area contributed by atoms with Crippen LogP contribution in [0.25, 0.3) is 11.1 Å². The Hall–Kier alpha value is -3.02. The fraction of sp³-hybridized carbons (Fsp3) is 0.250. The Morgan fingerprint density at radius 1 is 1.29 bits per heavy atom. The van der Waals surface area contributed by atoms with Gasteiger partial charge in [-0.15, -0.1) is 4.91 Å². The quantitative estimate of drug-likeness (QED) is 0.347. The largest absolute Gasteiger partial charge is 0.394 e. The van der Waals surface area contributed by atoms with Crippen molar-refractivity contribution in [2.45, 2.75) is 13.0 Å². The lowest BCUT2D eigenvalue weighted by Gasteiger charge is -2.20. The number of hydrogen-bond donors (Lipinski definition) is 4.